The predicted octanol–water partition coefficient (Wildman–Crippen LogP) is 5.34. The number of benzene rings is 2. The lowest BCUT2D eigenvalue weighted by atomic mass is 10.1. The minimum atomic E-state index is -4.57. The number of anilines is 4. The first kappa shape index (κ1) is 17.9. The average molecular weight is 380 g/mol. The van der Waals surface area contributed by atoms with Crippen LogP contribution in [0.25, 0.3) is 0 Å². The molecule has 0 amide bonds. The van der Waals surface area contributed by atoms with Gasteiger partial charge < -0.3 is 10.6 Å². The topological polar surface area (TPSA) is 62.7 Å². The molecule has 1 aromatic heterocycles. The summed E-state index contributed by atoms with van der Waals surface area (Å²) in [5, 5.41) is 13.1. The number of rotatable bonds is 4. The largest absolute Gasteiger partial charge is 0.418 e. The first-order chi connectivity index (χ1) is 12.3. The van der Waals surface area contributed by atoms with Gasteiger partial charge in [0.25, 0.3) is 0 Å². The van der Waals surface area contributed by atoms with E-state index in [1.807, 2.05) is 31.2 Å². The van der Waals surface area contributed by atoms with Crippen LogP contribution in [0, 0.1) is 6.92 Å². The van der Waals surface area contributed by atoms with Crippen LogP contribution in [0.5, 0.6) is 0 Å². The fraction of sp³-hybridized carbons (Fsp3) is 0.118. The van der Waals surface area contributed by atoms with Crippen LogP contribution in [0.1, 0.15) is 11.1 Å². The molecule has 0 unspecified atom stereocenters. The quantitative estimate of drug-likeness (QED) is 0.640. The molecule has 1 heterocycles. The molecule has 0 atom stereocenters. The number of para-hydroxylation sites is 1. The first-order valence-electron chi connectivity index (χ1n) is 7.49. The van der Waals surface area contributed by atoms with Crippen molar-refractivity contribution in [2.24, 2.45) is 0 Å². The summed E-state index contributed by atoms with van der Waals surface area (Å²) in [6.07, 6.45) is -3.19. The Morgan fingerprint density at radius 3 is 2.50 bits per heavy atom. The van der Waals surface area contributed by atoms with Gasteiger partial charge in [-0.1, -0.05) is 29.8 Å². The number of aryl methyl sites for hydroxylation is 1. The van der Waals surface area contributed by atoms with Crippen molar-refractivity contribution in [2.75, 3.05) is 10.6 Å². The maximum Gasteiger partial charge on any atom is 0.418 e. The van der Waals surface area contributed by atoms with Gasteiger partial charge in [0.2, 0.25) is 5.95 Å². The highest BCUT2D eigenvalue weighted by Crippen LogP contribution is 2.37. The first-order valence-corrected chi connectivity index (χ1v) is 7.87. The molecule has 0 saturated heterocycles. The average Bonchev–Trinajstić information content (AvgIpc) is 2.58. The highest BCUT2D eigenvalue weighted by Gasteiger charge is 2.34. The Labute approximate surface area is 152 Å². The van der Waals surface area contributed by atoms with Crippen LogP contribution in [0.3, 0.4) is 0 Å². The van der Waals surface area contributed by atoms with Crippen LogP contribution >= 0.6 is 11.6 Å². The van der Waals surface area contributed by atoms with Gasteiger partial charge in [-0.15, -0.1) is 5.10 Å². The zero-order chi connectivity index (χ0) is 18.7. The number of hydrogen-bond donors (Lipinski definition) is 2. The van der Waals surface area contributed by atoms with Crippen molar-refractivity contribution in [1.29, 1.82) is 0 Å². The zero-order valence-electron chi connectivity index (χ0n) is 13.5. The molecule has 0 fully saturated rings. The summed E-state index contributed by atoms with van der Waals surface area (Å²) in [7, 11) is 0. The van der Waals surface area contributed by atoms with E-state index < -0.39 is 11.7 Å². The van der Waals surface area contributed by atoms with E-state index >= 15 is 0 Å². The number of halogens is 4. The molecule has 2 N–H and O–H groups in total. The monoisotopic (exact) mass is 379 g/mol. The summed E-state index contributed by atoms with van der Waals surface area (Å²) in [4.78, 5) is 4.15. The van der Waals surface area contributed by atoms with E-state index in [-0.39, 0.29) is 16.7 Å². The summed E-state index contributed by atoms with van der Waals surface area (Å²) >= 11 is 5.67. The minimum absolute atomic E-state index is 0.0168. The number of alkyl halides is 3. The van der Waals surface area contributed by atoms with Crippen molar-refractivity contribution >= 4 is 34.7 Å². The van der Waals surface area contributed by atoms with Crippen molar-refractivity contribution in [3.05, 3.63) is 64.8 Å². The number of nitrogens with zero attached hydrogens (tertiary/aromatic N) is 3. The van der Waals surface area contributed by atoms with E-state index in [4.69, 9.17) is 11.6 Å². The Morgan fingerprint density at radius 2 is 1.77 bits per heavy atom. The minimum Gasteiger partial charge on any atom is -0.339 e. The second-order valence-electron chi connectivity index (χ2n) is 5.42. The SMILES string of the molecule is Cc1ccccc1Nc1cnnc(Nc2ccc(Cl)cc2C(F)(F)F)n1. The summed E-state index contributed by atoms with van der Waals surface area (Å²) in [6, 6.07) is 10.9. The third kappa shape index (κ3) is 4.20. The van der Waals surface area contributed by atoms with Gasteiger partial charge in [-0.2, -0.15) is 23.3 Å². The van der Waals surface area contributed by atoms with Crippen molar-refractivity contribution in [1.82, 2.24) is 15.2 Å². The molecule has 9 heteroatoms. The Bertz CT molecular complexity index is 930. The van der Waals surface area contributed by atoms with Gasteiger partial charge in [-0.05, 0) is 36.8 Å². The lowest BCUT2D eigenvalue weighted by Gasteiger charge is -2.14. The van der Waals surface area contributed by atoms with E-state index in [1.165, 1.54) is 18.3 Å². The van der Waals surface area contributed by atoms with Crippen LogP contribution < -0.4 is 10.6 Å². The molecule has 0 aliphatic carbocycles. The molecular weight excluding hydrogens is 367 g/mol. The molecule has 0 aliphatic heterocycles. The zero-order valence-corrected chi connectivity index (χ0v) is 14.2. The fourth-order valence-electron chi connectivity index (χ4n) is 2.25. The summed E-state index contributed by atoms with van der Waals surface area (Å²) in [5.41, 5.74) is 0.668. The van der Waals surface area contributed by atoms with Crippen LogP contribution in [0.4, 0.5) is 36.3 Å². The fourth-order valence-corrected chi connectivity index (χ4v) is 2.42. The van der Waals surface area contributed by atoms with Gasteiger partial charge >= 0.3 is 6.18 Å². The maximum absolute atomic E-state index is 13.2. The Kier molecular flexibility index (Phi) is 4.94. The third-order valence-electron chi connectivity index (χ3n) is 3.50. The number of hydrogen-bond acceptors (Lipinski definition) is 5. The van der Waals surface area contributed by atoms with Crippen LogP contribution in [-0.4, -0.2) is 15.2 Å². The molecular formula is C17H13ClF3N5. The van der Waals surface area contributed by atoms with Crippen molar-refractivity contribution in [3.63, 3.8) is 0 Å². The van der Waals surface area contributed by atoms with Gasteiger partial charge in [-0.25, -0.2) is 0 Å². The van der Waals surface area contributed by atoms with E-state index in [1.54, 1.807) is 0 Å². The smallest absolute Gasteiger partial charge is 0.339 e. The van der Waals surface area contributed by atoms with Crippen molar-refractivity contribution in [3.8, 4) is 0 Å². The molecule has 0 saturated carbocycles. The van der Waals surface area contributed by atoms with E-state index in [2.05, 4.69) is 25.8 Å². The van der Waals surface area contributed by atoms with Crippen LogP contribution in [0.2, 0.25) is 5.02 Å². The van der Waals surface area contributed by atoms with Crippen molar-refractivity contribution < 1.29 is 13.2 Å². The second kappa shape index (κ2) is 7.17. The summed E-state index contributed by atoms with van der Waals surface area (Å²) < 4.78 is 39.5. The lowest BCUT2D eigenvalue weighted by Crippen LogP contribution is -2.10. The molecule has 0 radical (unpaired) electrons. The highest BCUT2D eigenvalue weighted by atomic mass is 35.5. The molecule has 26 heavy (non-hydrogen) atoms. The van der Waals surface area contributed by atoms with Crippen LogP contribution in [0.15, 0.2) is 48.7 Å². The molecule has 2 aromatic carbocycles. The van der Waals surface area contributed by atoms with Gasteiger partial charge in [0.05, 0.1) is 17.4 Å². The molecule has 0 aliphatic rings. The van der Waals surface area contributed by atoms with Gasteiger partial charge in [0, 0.05) is 10.7 Å². The molecule has 5 nitrogen and oxygen atoms in total. The normalized spacial score (nSPS) is 11.3. The molecule has 3 aromatic rings. The lowest BCUT2D eigenvalue weighted by molar-refractivity contribution is -0.136. The van der Waals surface area contributed by atoms with E-state index in [0.29, 0.717) is 5.82 Å². The Morgan fingerprint density at radius 1 is 1.00 bits per heavy atom. The Balaban J connectivity index is 1.87. The van der Waals surface area contributed by atoms with Gasteiger partial charge in [0.1, 0.15) is 0 Å². The predicted molar refractivity (Wildman–Crippen MR) is 94.0 cm³/mol. The number of aromatic nitrogens is 3. The third-order valence-corrected chi connectivity index (χ3v) is 3.74. The van der Waals surface area contributed by atoms with E-state index in [9.17, 15) is 13.2 Å². The molecule has 134 valence electrons. The van der Waals surface area contributed by atoms with Gasteiger partial charge in [0.15, 0.2) is 5.82 Å². The van der Waals surface area contributed by atoms with Crippen LogP contribution in [-0.2, 0) is 6.18 Å². The van der Waals surface area contributed by atoms with Crippen molar-refractivity contribution in [2.45, 2.75) is 13.1 Å². The Hall–Kier alpha value is -2.87. The standard InChI is InChI=1S/C17H13ClF3N5/c1-10-4-2-3-5-13(10)23-15-9-22-26-16(25-15)24-14-7-6-11(18)8-12(14)17(19,20)21/h2-9H,1H3,(H2,23,24,25,26). The number of nitrogens with one attached hydrogen (secondary N) is 2. The molecule has 0 spiro atoms. The second-order valence-corrected chi connectivity index (χ2v) is 5.85. The summed E-state index contributed by atoms with van der Waals surface area (Å²) in [6.45, 7) is 1.92. The van der Waals surface area contributed by atoms with Gasteiger partial charge in [-0.3, -0.25) is 0 Å². The molecule has 0 bridgehead atoms. The highest BCUT2D eigenvalue weighted by molar-refractivity contribution is 6.30. The maximum atomic E-state index is 13.2. The molecule has 3 rings (SSSR count). The van der Waals surface area contributed by atoms with E-state index in [0.717, 1.165) is 17.3 Å². The summed E-state index contributed by atoms with van der Waals surface area (Å²) in [5.74, 6) is 0.274.